The monoisotopic (exact) mass is 324 g/mol. The van der Waals surface area contributed by atoms with Gasteiger partial charge >= 0.3 is 6.18 Å². The van der Waals surface area contributed by atoms with Gasteiger partial charge in [0.2, 0.25) is 5.82 Å². The van der Waals surface area contributed by atoms with E-state index >= 15 is 0 Å². The number of nitrogens with two attached hydrogens (primary N) is 1. The van der Waals surface area contributed by atoms with Gasteiger partial charge in [0, 0.05) is 30.9 Å². The van der Waals surface area contributed by atoms with Gasteiger partial charge < -0.3 is 15.4 Å². The van der Waals surface area contributed by atoms with Crippen molar-refractivity contribution in [1.29, 1.82) is 0 Å². The van der Waals surface area contributed by atoms with E-state index in [2.05, 4.69) is 14.9 Å². The Balaban J connectivity index is 1.73. The van der Waals surface area contributed by atoms with Crippen LogP contribution in [0.25, 0.3) is 0 Å². The molecule has 8 heteroatoms. The third kappa shape index (κ3) is 3.70. The normalized spacial score (nSPS) is 18.3. The van der Waals surface area contributed by atoms with Crippen LogP contribution in [0.15, 0.2) is 36.7 Å². The number of anilines is 1. The molecular formula is C15H15F3N4O. The van der Waals surface area contributed by atoms with Gasteiger partial charge in [-0.05, 0) is 18.6 Å². The fourth-order valence-electron chi connectivity index (χ4n) is 2.42. The molecule has 23 heavy (non-hydrogen) atoms. The van der Waals surface area contributed by atoms with Gasteiger partial charge in [-0.25, -0.2) is 9.97 Å². The summed E-state index contributed by atoms with van der Waals surface area (Å²) in [5.74, 6) is -0.538. The second-order valence-corrected chi connectivity index (χ2v) is 5.33. The Labute approximate surface area is 130 Å². The molecule has 1 aromatic heterocycles. The predicted molar refractivity (Wildman–Crippen MR) is 78.4 cm³/mol. The molecule has 0 bridgehead atoms. The van der Waals surface area contributed by atoms with Gasteiger partial charge in [-0.2, -0.15) is 13.2 Å². The zero-order valence-corrected chi connectivity index (χ0v) is 12.1. The van der Waals surface area contributed by atoms with E-state index in [1.165, 1.54) is 0 Å². The number of nitrogens with zero attached hydrogens (tertiary/aromatic N) is 3. The van der Waals surface area contributed by atoms with Crippen LogP contribution in [0, 0.1) is 0 Å². The van der Waals surface area contributed by atoms with Crippen molar-refractivity contribution in [3.63, 3.8) is 0 Å². The second-order valence-electron chi connectivity index (χ2n) is 5.33. The molecule has 2 heterocycles. The van der Waals surface area contributed by atoms with Gasteiger partial charge in [-0.1, -0.05) is 6.07 Å². The zero-order valence-electron chi connectivity index (χ0n) is 12.1. The summed E-state index contributed by atoms with van der Waals surface area (Å²) in [6.45, 7) is 1.64. The fraction of sp³-hybridized carbons (Fsp3) is 0.333. The maximum absolute atomic E-state index is 12.4. The number of hydrogen-bond acceptors (Lipinski definition) is 5. The molecule has 2 N–H and O–H groups in total. The number of hydrogen-bond donors (Lipinski definition) is 1. The summed E-state index contributed by atoms with van der Waals surface area (Å²) in [4.78, 5) is 8.68. The van der Waals surface area contributed by atoms with E-state index in [-0.39, 0.29) is 11.8 Å². The van der Waals surface area contributed by atoms with E-state index in [4.69, 9.17) is 10.5 Å². The smallest absolute Gasteiger partial charge is 0.451 e. The second kappa shape index (κ2) is 6.04. The summed E-state index contributed by atoms with van der Waals surface area (Å²) in [6.07, 6.45) is -1.62. The Morgan fingerprint density at radius 1 is 1.17 bits per heavy atom. The van der Waals surface area contributed by atoms with Gasteiger partial charge in [0.15, 0.2) is 5.75 Å². The Hall–Kier alpha value is -2.35. The fourth-order valence-corrected chi connectivity index (χ4v) is 2.42. The molecule has 1 aliphatic rings. The van der Waals surface area contributed by atoms with Crippen LogP contribution in [0.3, 0.4) is 0 Å². The highest BCUT2D eigenvalue weighted by Crippen LogP contribution is 2.29. The first kappa shape index (κ1) is 15.5. The average Bonchev–Trinajstić information content (AvgIpc) is 2.94. The van der Waals surface area contributed by atoms with E-state index in [1.54, 1.807) is 6.07 Å². The first-order valence-corrected chi connectivity index (χ1v) is 7.09. The quantitative estimate of drug-likeness (QED) is 0.940. The number of alkyl halides is 3. The first-order chi connectivity index (χ1) is 10.9. The van der Waals surface area contributed by atoms with Crippen LogP contribution in [-0.2, 0) is 6.18 Å². The van der Waals surface area contributed by atoms with Crippen molar-refractivity contribution in [3.05, 3.63) is 42.5 Å². The zero-order chi connectivity index (χ0) is 16.4. The lowest BCUT2D eigenvalue weighted by Crippen LogP contribution is -2.26. The minimum Gasteiger partial charge on any atom is -0.454 e. The van der Waals surface area contributed by atoms with Gasteiger partial charge in [0.05, 0.1) is 12.4 Å². The van der Waals surface area contributed by atoms with Crippen molar-refractivity contribution in [2.45, 2.75) is 18.6 Å². The van der Waals surface area contributed by atoms with Crippen LogP contribution in [0.1, 0.15) is 12.2 Å². The first-order valence-electron chi connectivity index (χ1n) is 7.09. The molecule has 1 fully saturated rings. The van der Waals surface area contributed by atoms with Crippen LogP contribution in [0.2, 0.25) is 0 Å². The molecule has 1 aliphatic heterocycles. The number of halogens is 3. The van der Waals surface area contributed by atoms with Crippen molar-refractivity contribution < 1.29 is 17.9 Å². The van der Waals surface area contributed by atoms with Gasteiger partial charge in [-0.15, -0.1) is 0 Å². The molecule has 0 radical (unpaired) electrons. The molecular weight excluding hydrogens is 309 g/mol. The Bertz CT molecular complexity index is 675. The summed E-state index contributed by atoms with van der Waals surface area (Å²) in [5.41, 5.74) is 6.85. The summed E-state index contributed by atoms with van der Waals surface area (Å²) in [5, 5.41) is 0. The molecule has 1 aromatic carbocycles. The van der Waals surface area contributed by atoms with E-state index < -0.39 is 12.0 Å². The molecule has 5 nitrogen and oxygen atoms in total. The minimum atomic E-state index is -4.56. The predicted octanol–water partition coefficient (Wildman–Crippen LogP) is 2.83. The SMILES string of the molecule is N[C@H]1CCN(c2cccc(Oc3cnc(C(F)(F)F)nc3)c2)C1. The van der Waals surface area contributed by atoms with Crippen LogP contribution >= 0.6 is 0 Å². The highest BCUT2D eigenvalue weighted by molar-refractivity contribution is 5.52. The van der Waals surface area contributed by atoms with Gasteiger partial charge in [0.25, 0.3) is 0 Å². The van der Waals surface area contributed by atoms with Crippen molar-refractivity contribution in [2.75, 3.05) is 18.0 Å². The Morgan fingerprint density at radius 2 is 1.91 bits per heavy atom. The Morgan fingerprint density at radius 3 is 2.52 bits per heavy atom. The summed E-state index contributed by atoms with van der Waals surface area (Å²) in [6, 6.07) is 7.45. The third-order valence-electron chi connectivity index (χ3n) is 3.52. The topological polar surface area (TPSA) is 64.3 Å². The number of ether oxygens (including phenoxy) is 1. The molecule has 0 aliphatic carbocycles. The maximum atomic E-state index is 12.4. The van der Waals surface area contributed by atoms with Gasteiger partial charge in [0.1, 0.15) is 5.75 Å². The van der Waals surface area contributed by atoms with E-state index in [9.17, 15) is 13.2 Å². The van der Waals surface area contributed by atoms with Crippen molar-refractivity contribution in [1.82, 2.24) is 9.97 Å². The molecule has 0 unspecified atom stereocenters. The van der Waals surface area contributed by atoms with E-state index in [0.717, 1.165) is 37.6 Å². The van der Waals surface area contributed by atoms with Crippen LogP contribution in [0.4, 0.5) is 18.9 Å². The lowest BCUT2D eigenvalue weighted by molar-refractivity contribution is -0.145. The van der Waals surface area contributed by atoms with Crippen LogP contribution in [-0.4, -0.2) is 29.1 Å². The molecule has 122 valence electrons. The van der Waals surface area contributed by atoms with Gasteiger partial charge in [-0.3, -0.25) is 0 Å². The Kier molecular flexibility index (Phi) is 4.08. The lowest BCUT2D eigenvalue weighted by atomic mass is 10.3. The summed E-state index contributed by atoms with van der Waals surface area (Å²) < 4.78 is 42.8. The molecule has 0 saturated carbocycles. The largest absolute Gasteiger partial charge is 0.454 e. The highest BCUT2D eigenvalue weighted by atomic mass is 19.4. The lowest BCUT2D eigenvalue weighted by Gasteiger charge is -2.18. The van der Waals surface area contributed by atoms with Crippen molar-refractivity contribution in [2.24, 2.45) is 5.73 Å². The molecule has 0 spiro atoms. The average molecular weight is 324 g/mol. The highest BCUT2D eigenvalue weighted by Gasteiger charge is 2.34. The molecule has 1 saturated heterocycles. The molecule has 1 atom stereocenters. The van der Waals surface area contributed by atoms with Crippen LogP contribution in [0.5, 0.6) is 11.5 Å². The number of rotatable bonds is 3. The van der Waals surface area contributed by atoms with Crippen molar-refractivity contribution >= 4 is 5.69 Å². The minimum absolute atomic E-state index is 0.147. The van der Waals surface area contributed by atoms with E-state index in [0.29, 0.717) is 5.75 Å². The summed E-state index contributed by atoms with van der Waals surface area (Å²) >= 11 is 0. The van der Waals surface area contributed by atoms with E-state index in [1.807, 2.05) is 18.2 Å². The van der Waals surface area contributed by atoms with Crippen LogP contribution < -0.4 is 15.4 Å². The molecule has 0 amide bonds. The number of benzene rings is 1. The standard InChI is InChI=1S/C15H15F3N4O/c16-15(17,18)14-20-7-13(8-21-14)23-12-3-1-2-11(6-12)22-5-4-10(19)9-22/h1-3,6-8,10H,4-5,9,19H2/t10-/m0/s1. The molecule has 2 aromatic rings. The summed E-state index contributed by atoms with van der Waals surface area (Å²) in [7, 11) is 0. The van der Waals surface area contributed by atoms with Crippen molar-refractivity contribution in [3.8, 4) is 11.5 Å². The third-order valence-corrected chi connectivity index (χ3v) is 3.52. The molecule has 3 rings (SSSR count). The maximum Gasteiger partial charge on any atom is 0.451 e. The number of aromatic nitrogens is 2.